The van der Waals surface area contributed by atoms with Gasteiger partial charge in [0.25, 0.3) is 0 Å². The van der Waals surface area contributed by atoms with Gasteiger partial charge in [-0.1, -0.05) is 17.7 Å². The van der Waals surface area contributed by atoms with Gasteiger partial charge in [-0.15, -0.1) is 10.2 Å². The second-order valence-electron chi connectivity index (χ2n) is 5.50. The van der Waals surface area contributed by atoms with E-state index in [2.05, 4.69) is 39.1 Å². The van der Waals surface area contributed by atoms with E-state index in [1.807, 2.05) is 32.9 Å². The Morgan fingerprint density at radius 2 is 1.73 bits per heavy atom. The van der Waals surface area contributed by atoms with Crippen LogP contribution in [0.1, 0.15) is 25.0 Å². The Morgan fingerprint density at radius 3 is 2.32 bits per heavy atom. The summed E-state index contributed by atoms with van der Waals surface area (Å²) in [5.74, 6) is 1.03. The Hall–Kier alpha value is -2.63. The van der Waals surface area contributed by atoms with E-state index in [0.29, 0.717) is 11.6 Å². The summed E-state index contributed by atoms with van der Waals surface area (Å²) in [7, 11) is 0. The molecule has 0 radical (unpaired) electrons. The van der Waals surface area contributed by atoms with Crippen LogP contribution in [0.5, 0.6) is 0 Å². The second-order valence-corrected chi connectivity index (χ2v) is 5.50. The molecule has 2 amide bonds. The molecule has 116 valence electrons. The normalized spacial score (nSPS) is 10.4. The van der Waals surface area contributed by atoms with Gasteiger partial charge in [0.1, 0.15) is 0 Å². The van der Waals surface area contributed by atoms with Crippen molar-refractivity contribution in [2.75, 3.05) is 10.6 Å². The molecule has 2 aromatic rings. The van der Waals surface area contributed by atoms with Gasteiger partial charge in [-0.05, 0) is 51.5 Å². The van der Waals surface area contributed by atoms with E-state index >= 15 is 0 Å². The number of urea groups is 1. The number of carbonyl (C=O) groups excluding carboxylic acids is 1. The van der Waals surface area contributed by atoms with E-state index in [4.69, 9.17) is 0 Å². The van der Waals surface area contributed by atoms with Crippen LogP contribution in [-0.2, 0) is 0 Å². The van der Waals surface area contributed by atoms with Crippen molar-refractivity contribution < 1.29 is 4.79 Å². The Labute approximate surface area is 130 Å². The molecule has 0 fully saturated rings. The minimum absolute atomic E-state index is 0.0680. The number of benzene rings is 1. The van der Waals surface area contributed by atoms with Crippen LogP contribution in [0, 0.1) is 13.8 Å². The number of nitrogens with zero attached hydrogens (tertiary/aromatic N) is 2. The molecule has 22 heavy (non-hydrogen) atoms. The molecular weight excluding hydrogens is 278 g/mol. The van der Waals surface area contributed by atoms with Gasteiger partial charge in [0.2, 0.25) is 0 Å². The monoisotopic (exact) mass is 299 g/mol. The third-order valence-corrected chi connectivity index (χ3v) is 2.97. The molecule has 0 saturated carbocycles. The molecule has 6 nitrogen and oxygen atoms in total. The van der Waals surface area contributed by atoms with E-state index in [1.54, 1.807) is 12.1 Å². The zero-order valence-electron chi connectivity index (χ0n) is 13.3. The van der Waals surface area contributed by atoms with Gasteiger partial charge >= 0.3 is 6.03 Å². The molecule has 0 aliphatic heterocycles. The van der Waals surface area contributed by atoms with Crippen LogP contribution >= 0.6 is 0 Å². The highest BCUT2D eigenvalue weighted by atomic mass is 16.2. The highest BCUT2D eigenvalue weighted by Crippen LogP contribution is 2.20. The molecule has 1 heterocycles. The SMILES string of the molecule is Cc1ccc(Nc2ccc(NC(=O)NC(C)C)nn2)c(C)c1. The molecule has 0 unspecified atom stereocenters. The Bertz CT molecular complexity index is 652. The van der Waals surface area contributed by atoms with Crippen molar-refractivity contribution in [2.24, 2.45) is 0 Å². The van der Waals surface area contributed by atoms with Crippen molar-refractivity contribution in [3.63, 3.8) is 0 Å². The van der Waals surface area contributed by atoms with Crippen molar-refractivity contribution in [2.45, 2.75) is 33.7 Å². The molecule has 0 aliphatic carbocycles. The van der Waals surface area contributed by atoms with Gasteiger partial charge in [0, 0.05) is 11.7 Å². The van der Waals surface area contributed by atoms with Gasteiger partial charge in [0.15, 0.2) is 11.6 Å². The van der Waals surface area contributed by atoms with Crippen molar-refractivity contribution in [3.05, 3.63) is 41.5 Å². The molecule has 0 atom stereocenters. The number of aryl methyl sites for hydroxylation is 2. The first kappa shape index (κ1) is 15.8. The van der Waals surface area contributed by atoms with Crippen molar-refractivity contribution >= 4 is 23.4 Å². The van der Waals surface area contributed by atoms with Crippen molar-refractivity contribution in [1.82, 2.24) is 15.5 Å². The van der Waals surface area contributed by atoms with E-state index in [0.717, 1.165) is 11.3 Å². The Morgan fingerprint density at radius 1 is 1.05 bits per heavy atom. The lowest BCUT2D eigenvalue weighted by molar-refractivity contribution is 0.250. The molecule has 6 heteroatoms. The van der Waals surface area contributed by atoms with Crippen LogP contribution in [0.3, 0.4) is 0 Å². The summed E-state index contributed by atoms with van der Waals surface area (Å²) in [6, 6.07) is 9.40. The number of rotatable bonds is 4. The first-order valence-electron chi connectivity index (χ1n) is 7.19. The molecule has 0 saturated heterocycles. The third kappa shape index (κ3) is 4.44. The highest BCUT2D eigenvalue weighted by Gasteiger charge is 2.05. The number of aromatic nitrogens is 2. The fourth-order valence-corrected chi connectivity index (χ4v) is 1.97. The minimum atomic E-state index is -0.292. The molecule has 1 aromatic heterocycles. The molecule has 0 bridgehead atoms. The Kier molecular flexibility index (Phi) is 4.93. The number of hydrogen-bond acceptors (Lipinski definition) is 4. The van der Waals surface area contributed by atoms with Crippen molar-refractivity contribution in [3.8, 4) is 0 Å². The zero-order chi connectivity index (χ0) is 16.1. The maximum absolute atomic E-state index is 11.6. The molecule has 0 aliphatic rings. The van der Waals surface area contributed by atoms with Crippen LogP contribution in [0.2, 0.25) is 0 Å². The van der Waals surface area contributed by atoms with Gasteiger partial charge in [0.05, 0.1) is 0 Å². The molecule has 2 rings (SSSR count). The molecule has 3 N–H and O–H groups in total. The van der Waals surface area contributed by atoms with Crippen LogP contribution < -0.4 is 16.0 Å². The zero-order valence-corrected chi connectivity index (χ0v) is 13.3. The lowest BCUT2D eigenvalue weighted by atomic mass is 10.1. The smallest absolute Gasteiger partial charge is 0.320 e. The predicted molar refractivity (Wildman–Crippen MR) is 88.5 cm³/mol. The van der Waals surface area contributed by atoms with Gasteiger partial charge in [-0.3, -0.25) is 5.32 Å². The van der Waals surface area contributed by atoms with Crippen LogP contribution in [0.4, 0.5) is 22.1 Å². The summed E-state index contributed by atoms with van der Waals surface area (Å²) in [6.07, 6.45) is 0. The topological polar surface area (TPSA) is 78.9 Å². The summed E-state index contributed by atoms with van der Waals surface area (Å²) in [5.41, 5.74) is 3.34. The van der Waals surface area contributed by atoms with Crippen LogP contribution in [0.15, 0.2) is 30.3 Å². The second kappa shape index (κ2) is 6.89. The standard InChI is InChI=1S/C16H21N5O/c1-10(2)17-16(22)19-15-8-7-14(20-21-15)18-13-6-5-11(3)9-12(13)4/h5-10H,1-4H3,(H,18,20)(H2,17,19,21,22). The Balaban J connectivity index is 2.01. The molecular formula is C16H21N5O. The molecule has 1 aromatic carbocycles. The lowest BCUT2D eigenvalue weighted by Gasteiger charge is -2.11. The maximum atomic E-state index is 11.6. The van der Waals surface area contributed by atoms with Crippen molar-refractivity contribution in [1.29, 1.82) is 0 Å². The quantitative estimate of drug-likeness (QED) is 0.808. The first-order valence-corrected chi connectivity index (χ1v) is 7.19. The number of amides is 2. The van der Waals surface area contributed by atoms with Gasteiger partial charge < -0.3 is 10.6 Å². The van der Waals surface area contributed by atoms with Crippen LogP contribution in [-0.4, -0.2) is 22.3 Å². The summed E-state index contributed by atoms with van der Waals surface area (Å²) < 4.78 is 0. The number of carbonyl (C=O) groups is 1. The summed E-state index contributed by atoms with van der Waals surface area (Å²) in [6.45, 7) is 7.87. The summed E-state index contributed by atoms with van der Waals surface area (Å²) in [4.78, 5) is 11.6. The summed E-state index contributed by atoms with van der Waals surface area (Å²) in [5, 5.41) is 16.6. The number of anilines is 3. The number of nitrogens with one attached hydrogen (secondary N) is 3. The third-order valence-electron chi connectivity index (χ3n) is 2.97. The predicted octanol–water partition coefficient (Wildman–Crippen LogP) is 3.37. The summed E-state index contributed by atoms with van der Waals surface area (Å²) >= 11 is 0. The first-order chi connectivity index (χ1) is 10.4. The van der Waals surface area contributed by atoms with E-state index in [-0.39, 0.29) is 12.1 Å². The fraction of sp³-hybridized carbons (Fsp3) is 0.312. The number of hydrogen-bond donors (Lipinski definition) is 3. The largest absolute Gasteiger partial charge is 0.339 e. The van der Waals surface area contributed by atoms with E-state index < -0.39 is 0 Å². The average molecular weight is 299 g/mol. The van der Waals surface area contributed by atoms with Gasteiger partial charge in [-0.2, -0.15) is 0 Å². The minimum Gasteiger partial charge on any atom is -0.339 e. The lowest BCUT2D eigenvalue weighted by Crippen LogP contribution is -2.34. The average Bonchev–Trinajstić information content (AvgIpc) is 2.43. The van der Waals surface area contributed by atoms with E-state index in [1.165, 1.54) is 5.56 Å². The maximum Gasteiger partial charge on any atom is 0.320 e. The fourth-order valence-electron chi connectivity index (χ4n) is 1.97. The van der Waals surface area contributed by atoms with Crippen LogP contribution in [0.25, 0.3) is 0 Å². The van der Waals surface area contributed by atoms with Gasteiger partial charge in [-0.25, -0.2) is 4.79 Å². The van der Waals surface area contributed by atoms with E-state index in [9.17, 15) is 4.79 Å². The highest BCUT2D eigenvalue weighted by molar-refractivity contribution is 5.88. The molecule has 0 spiro atoms.